The van der Waals surface area contributed by atoms with E-state index in [2.05, 4.69) is 4.18 Å². The summed E-state index contributed by atoms with van der Waals surface area (Å²) in [4.78, 5) is 26.0. The zero-order chi connectivity index (χ0) is 36.2. The maximum Gasteiger partial charge on any atom is 1.00 e. The largest absolute Gasteiger partial charge is 1.00 e. The van der Waals surface area contributed by atoms with Gasteiger partial charge in [0.25, 0.3) is 10.4 Å². The second-order valence-electron chi connectivity index (χ2n) is 11.0. The van der Waals surface area contributed by atoms with E-state index in [4.69, 9.17) is 37.3 Å². The molecule has 0 amide bonds. The number of ether oxygens (including phenoxy) is 6. The molecule has 51 heavy (non-hydrogen) atoms. The van der Waals surface area contributed by atoms with Crippen molar-refractivity contribution in [1.29, 1.82) is 0 Å². The molecule has 5 rings (SSSR count). The summed E-state index contributed by atoms with van der Waals surface area (Å²) < 4.78 is 84.4. The summed E-state index contributed by atoms with van der Waals surface area (Å²) in [5.41, 5.74) is 1.37. The fraction of sp³-hybridized carbons (Fsp3) is 0.314. The van der Waals surface area contributed by atoms with E-state index in [9.17, 15) is 22.6 Å². The van der Waals surface area contributed by atoms with E-state index >= 15 is 0 Å². The fourth-order valence-corrected chi connectivity index (χ4v) is 5.52. The summed E-state index contributed by atoms with van der Waals surface area (Å²) in [7, 11) is -3.96. The molecule has 3 aromatic carbocycles. The van der Waals surface area contributed by atoms with E-state index in [-0.39, 0.29) is 107 Å². The Bertz CT molecular complexity index is 2130. The number of carbonyl (C=O) groups is 2. The van der Waals surface area contributed by atoms with Crippen LogP contribution in [0.15, 0.2) is 57.4 Å². The third-order valence-electron chi connectivity index (χ3n) is 7.18. The molecule has 14 nitrogen and oxygen atoms in total. The van der Waals surface area contributed by atoms with E-state index in [1.54, 1.807) is 32.9 Å². The van der Waals surface area contributed by atoms with Gasteiger partial charge in [-0.1, -0.05) is 12.1 Å². The molecule has 0 spiro atoms. The number of furan rings is 2. The standard InChI is InChI=1S/C35H36O14S.Na/c1-7-42-34(36)32-20(5)47-25-16-29(44-17-21-9-11-22(12-10-21)46-19(3)4)28(13-23(25)32)45-18-31-33(35(37)43-8-2)24-14-30(49-50(38,39)40)27(41-6)15-26(24)48-31;/h9-16,19H,7-8,17-18H2,1-6H3,(H,38,39,40);/q;+1/p-1. The third-order valence-corrected chi connectivity index (χ3v) is 7.56. The molecule has 0 unspecified atom stereocenters. The SMILES string of the molecule is CCOC(=O)c1c(C)oc2cc(OCc3ccc(OC(C)C)cc3)c(OCc3oc4cc(OC)c(OS(=O)(=O)[O-])cc4c3C(=O)OCC)cc12.[Na+]. The summed E-state index contributed by atoms with van der Waals surface area (Å²) >= 11 is 0. The van der Waals surface area contributed by atoms with Crippen LogP contribution < -0.4 is 52.7 Å². The first kappa shape index (κ1) is 39.4. The number of rotatable bonds is 15. The Balaban J connectivity index is 0.00000583. The predicted octanol–water partition coefficient (Wildman–Crippen LogP) is 3.64. The van der Waals surface area contributed by atoms with Crippen LogP contribution in [0, 0.1) is 6.92 Å². The maximum atomic E-state index is 13.2. The van der Waals surface area contributed by atoms with Gasteiger partial charge in [0.1, 0.15) is 47.0 Å². The van der Waals surface area contributed by atoms with E-state index in [0.29, 0.717) is 22.5 Å². The second kappa shape index (κ2) is 16.7. The van der Waals surface area contributed by atoms with Gasteiger partial charge in [0.05, 0.1) is 26.4 Å². The number of esters is 2. The molecule has 0 N–H and O–H groups in total. The average Bonchev–Trinajstić information content (AvgIpc) is 3.57. The van der Waals surface area contributed by atoms with Gasteiger partial charge in [-0.25, -0.2) is 18.0 Å². The summed E-state index contributed by atoms with van der Waals surface area (Å²) in [6.07, 6.45) is 0.0160. The van der Waals surface area contributed by atoms with Crippen LogP contribution in [0.25, 0.3) is 21.9 Å². The predicted molar refractivity (Wildman–Crippen MR) is 177 cm³/mol. The van der Waals surface area contributed by atoms with Gasteiger partial charge in [-0.15, -0.1) is 0 Å². The molecule has 2 aromatic heterocycles. The topological polar surface area (TPSA) is 182 Å². The zero-order valence-electron chi connectivity index (χ0n) is 29.1. The molecule has 2 heterocycles. The Labute approximate surface area is 316 Å². The van der Waals surface area contributed by atoms with Crippen molar-refractivity contribution in [3.63, 3.8) is 0 Å². The molecule has 0 saturated heterocycles. The van der Waals surface area contributed by atoms with Crippen molar-refractivity contribution >= 4 is 44.3 Å². The van der Waals surface area contributed by atoms with Gasteiger partial charge in [-0.05, 0) is 64.4 Å². The van der Waals surface area contributed by atoms with Crippen LogP contribution >= 0.6 is 0 Å². The second-order valence-corrected chi connectivity index (χ2v) is 12.0. The van der Waals surface area contributed by atoms with E-state index in [1.165, 1.54) is 13.2 Å². The van der Waals surface area contributed by atoms with Crippen molar-refractivity contribution in [3.05, 3.63) is 76.7 Å². The van der Waals surface area contributed by atoms with Gasteiger partial charge in [0.2, 0.25) is 0 Å². The fourth-order valence-electron chi connectivity index (χ4n) is 5.17. The number of fused-ring (bicyclic) bond motifs is 2. The van der Waals surface area contributed by atoms with Crippen LogP contribution in [0.2, 0.25) is 0 Å². The number of hydrogen-bond donors (Lipinski definition) is 0. The maximum absolute atomic E-state index is 13.2. The smallest absolute Gasteiger partial charge is 0.716 e. The van der Waals surface area contributed by atoms with Crippen LogP contribution in [0.1, 0.15) is 65.5 Å². The van der Waals surface area contributed by atoms with Crippen LogP contribution in [0.4, 0.5) is 0 Å². The molecule has 0 aliphatic rings. The summed E-state index contributed by atoms with van der Waals surface area (Å²) in [6.45, 7) is 8.72. The van der Waals surface area contributed by atoms with Gasteiger partial charge < -0.3 is 46.0 Å². The van der Waals surface area contributed by atoms with Crippen molar-refractivity contribution in [2.24, 2.45) is 0 Å². The molecule has 0 fully saturated rings. The van der Waals surface area contributed by atoms with Crippen molar-refractivity contribution in [3.8, 4) is 28.7 Å². The molecule has 16 heteroatoms. The first-order valence-corrected chi connectivity index (χ1v) is 16.9. The minimum absolute atomic E-state index is 0. The van der Waals surface area contributed by atoms with Gasteiger partial charge in [-0.2, -0.15) is 0 Å². The normalized spacial score (nSPS) is 11.3. The number of hydrogen-bond acceptors (Lipinski definition) is 14. The average molecular weight is 735 g/mol. The quantitative estimate of drug-likeness (QED) is 0.0658. The molecule has 0 aliphatic carbocycles. The van der Waals surface area contributed by atoms with Gasteiger partial charge in [0, 0.05) is 22.9 Å². The monoisotopic (exact) mass is 734 g/mol. The molecule has 266 valence electrons. The molecule has 0 saturated carbocycles. The van der Waals surface area contributed by atoms with E-state index in [0.717, 1.165) is 11.6 Å². The Kier molecular flexibility index (Phi) is 12.9. The Morgan fingerprint density at radius 2 is 1.33 bits per heavy atom. The van der Waals surface area contributed by atoms with Crippen molar-refractivity contribution < 1.29 is 93.6 Å². The Morgan fingerprint density at radius 1 is 0.784 bits per heavy atom. The van der Waals surface area contributed by atoms with Crippen LogP contribution in [0.3, 0.4) is 0 Å². The van der Waals surface area contributed by atoms with Crippen molar-refractivity contribution in [2.45, 2.75) is 53.9 Å². The number of carbonyl (C=O) groups excluding carboxylic acids is 2. The molecular formula is C35H35NaO14S. The van der Waals surface area contributed by atoms with Crippen LogP contribution in [0.5, 0.6) is 28.7 Å². The summed E-state index contributed by atoms with van der Waals surface area (Å²) in [5, 5.41) is 0.479. The van der Waals surface area contributed by atoms with Crippen molar-refractivity contribution in [1.82, 2.24) is 0 Å². The van der Waals surface area contributed by atoms with Gasteiger partial charge in [-0.3, -0.25) is 0 Å². The Hall–Kier alpha value is -4.41. The Morgan fingerprint density at radius 3 is 1.94 bits per heavy atom. The number of benzene rings is 3. The molecule has 0 bridgehead atoms. The summed E-state index contributed by atoms with van der Waals surface area (Å²) in [5.74, 6) is -0.547. The minimum Gasteiger partial charge on any atom is -0.716 e. The number of aryl methyl sites for hydroxylation is 1. The molecular weight excluding hydrogens is 699 g/mol. The van der Waals surface area contributed by atoms with Gasteiger partial charge in [0.15, 0.2) is 28.8 Å². The number of methoxy groups -OCH3 is 1. The molecule has 0 aliphatic heterocycles. The molecule has 0 radical (unpaired) electrons. The minimum atomic E-state index is -5.19. The van der Waals surface area contributed by atoms with E-state index < -0.39 is 28.1 Å². The first-order valence-electron chi connectivity index (χ1n) is 15.5. The van der Waals surface area contributed by atoms with Crippen molar-refractivity contribution in [2.75, 3.05) is 20.3 Å². The summed E-state index contributed by atoms with van der Waals surface area (Å²) in [6, 6.07) is 12.9. The van der Waals surface area contributed by atoms with Crippen LogP contribution in [-0.4, -0.2) is 51.3 Å². The third kappa shape index (κ3) is 9.28. The molecule has 0 atom stereocenters. The van der Waals surface area contributed by atoms with E-state index in [1.807, 2.05) is 38.1 Å². The molecule has 5 aromatic rings. The zero-order valence-corrected chi connectivity index (χ0v) is 32.0. The first-order chi connectivity index (χ1) is 23.8. The van der Waals surface area contributed by atoms with Crippen LogP contribution in [-0.2, 0) is 33.1 Å². The van der Waals surface area contributed by atoms with Gasteiger partial charge >= 0.3 is 41.5 Å².